The lowest BCUT2D eigenvalue weighted by atomic mass is 10.2. The predicted molar refractivity (Wildman–Crippen MR) is 127 cm³/mol. The van der Waals surface area contributed by atoms with Gasteiger partial charge in [-0.1, -0.05) is 24.8 Å². The number of carbonyl (C=O) groups is 1. The van der Waals surface area contributed by atoms with Crippen LogP contribution in [0.25, 0.3) is 6.08 Å². The van der Waals surface area contributed by atoms with Crippen LogP contribution in [0.5, 0.6) is 5.75 Å². The van der Waals surface area contributed by atoms with Crippen LogP contribution in [0.1, 0.15) is 5.56 Å². The molecule has 0 unspecified atom stereocenters. The maximum absolute atomic E-state index is 12.4. The van der Waals surface area contributed by atoms with E-state index in [0.717, 1.165) is 48.3 Å². The molecule has 0 N–H and O–H groups in total. The molecule has 0 radical (unpaired) electrons. The van der Waals surface area contributed by atoms with E-state index in [0.29, 0.717) is 11.5 Å². The van der Waals surface area contributed by atoms with Crippen molar-refractivity contribution in [2.75, 3.05) is 37.7 Å². The Kier molecular flexibility index (Phi) is 6.55. The molecule has 8 nitrogen and oxygen atoms in total. The van der Waals surface area contributed by atoms with Gasteiger partial charge in [-0.15, -0.1) is 0 Å². The standard InChI is InChI=1S/C23H22N4O4S/c1-2-15-31-20-9-3-17(4-10-20)16-21-22(28)24-23(32-21)26-13-11-25(12-14-26)18-5-7-19(8-6-18)27(29)30/h2-10,16H,1,11-15H2/b21-16+. The third-order valence-corrected chi connectivity index (χ3v) is 6.18. The van der Waals surface area contributed by atoms with E-state index in [9.17, 15) is 14.9 Å². The van der Waals surface area contributed by atoms with Crippen molar-refractivity contribution >= 4 is 40.3 Å². The monoisotopic (exact) mass is 450 g/mol. The van der Waals surface area contributed by atoms with Crippen molar-refractivity contribution in [1.29, 1.82) is 0 Å². The highest BCUT2D eigenvalue weighted by atomic mass is 32.2. The van der Waals surface area contributed by atoms with Crippen LogP contribution >= 0.6 is 11.8 Å². The highest BCUT2D eigenvalue weighted by molar-refractivity contribution is 8.18. The van der Waals surface area contributed by atoms with Gasteiger partial charge < -0.3 is 14.5 Å². The van der Waals surface area contributed by atoms with Crippen molar-refractivity contribution in [2.45, 2.75) is 0 Å². The molecular weight excluding hydrogens is 428 g/mol. The molecule has 2 aromatic rings. The molecule has 0 saturated carbocycles. The smallest absolute Gasteiger partial charge is 0.286 e. The Morgan fingerprint density at radius 1 is 1.06 bits per heavy atom. The number of nitro benzene ring substituents is 1. The van der Waals surface area contributed by atoms with Crippen molar-refractivity contribution in [3.05, 3.63) is 81.8 Å². The molecule has 2 aliphatic rings. The molecule has 0 spiro atoms. The topological polar surface area (TPSA) is 88.3 Å². The molecule has 32 heavy (non-hydrogen) atoms. The highest BCUT2D eigenvalue weighted by Crippen LogP contribution is 2.31. The highest BCUT2D eigenvalue weighted by Gasteiger charge is 2.28. The van der Waals surface area contributed by atoms with E-state index in [2.05, 4.69) is 21.4 Å². The summed E-state index contributed by atoms with van der Waals surface area (Å²) >= 11 is 1.39. The first kappa shape index (κ1) is 21.6. The second-order valence-electron chi connectivity index (χ2n) is 7.23. The van der Waals surface area contributed by atoms with Crippen molar-refractivity contribution in [1.82, 2.24) is 4.90 Å². The molecule has 1 fully saturated rings. The Balaban J connectivity index is 1.34. The van der Waals surface area contributed by atoms with Crippen molar-refractivity contribution in [3.8, 4) is 5.75 Å². The molecule has 4 rings (SSSR count). The number of hydrogen-bond acceptors (Lipinski definition) is 7. The average molecular weight is 451 g/mol. The van der Waals surface area contributed by atoms with Gasteiger partial charge in [-0.05, 0) is 47.7 Å². The van der Waals surface area contributed by atoms with Gasteiger partial charge in [0.25, 0.3) is 11.6 Å². The van der Waals surface area contributed by atoms with E-state index in [1.165, 1.54) is 23.9 Å². The Hall–Kier alpha value is -3.59. The molecule has 2 aliphatic heterocycles. The number of benzene rings is 2. The molecule has 9 heteroatoms. The molecule has 0 bridgehead atoms. The lowest BCUT2D eigenvalue weighted by Crippen LogP contribution is -2.47. The quantitative estimate of drug-likeness (QED) is 0.285. The number of ether oxygens (including phenoxy) is 1. The number of thioether (sulfide) groups is 1. The summed E-state index contributed by atoms with van der Waals surface area (Å²) in [5.41, 5.74) is 1.94. The third-order valence-electron chi connectivity index (χ3n) is 5.13. The SMILES string of the molecule is C=CCOc1ccc(/C=C2/SC(N3CCN(c4ccc([N+](=O)[O-])cc4)CC3)=NC2=O)cc1. The van der Waals surface area contributed by atoms with Crippen molar-refractivity contribution in [2.24, 2.45) is 4.99 Å². The molecule has 0 aliphatic carbocycles. The Morgan fingerprint density at radius 2 is 1.72 bits per heavy atom. The first-order chi connectivity index (χ1) is 15.5. The van der Waals surface area contributed by atoms with Crippen LogP contribution in [0.3, 0.4) is 0 Å². The van der Waals surface area contributed by atoms with Gasteiger partial charge in [0.15, 0.2) is 5.17 Å². The fourth-order valence-electron chi connectivity index (χ4n) is 3.44. The van der Waals surface area contributed by atoms with Crippen LogP contribution < -0.4 is 9.64 Å². The van der Waals surface area contributed by atoms with Gasteiger partial charge in [0.05, 0.1) is 9.83 Å². The number of nitro groups is 1. The number of amides is 1. The number of piperazine rings is 1. The van der Waals surface area contributed by atoms with Crippen LogP contribution in [0.15, 0.2) is 71.1 Å². The molecule has 0 aromatic heterocycles. The summed E-state index contributed by atoms with van der Waals surface area (Å²) in [6.45, 7) is 7.01. The molecule has 2 heterocycles. The zero-order chi connectivity index (χ0) is 22.5. The second-order valence-corrected chi connectivity index (χ2v) is 8.24. The molecule has 164 valence electrons. The number of anilines is 1. The van der Waals surface area contributed by atoms with Crippen LogP contribution in [0, 0.1) is 10.1 Å². The average Bonchev–Trinajstić information content (AvgIpc) is 3.19. The van der Waals surface area contributed by atoms with Gasteiger partial charge in [0.1, 0.15) is 12.4 Å². The molecule has 1 amide bonds. The first-order valence-corrected chi connectivity index (χ1v) is 11.0. The van der Waals surface area contributed by atoms with E-state index in [-0.39, 0.29) is 11.6 Å². The normalized spacial score (nSPS) is 17.4. The zero-order valence-electron chi connectivity index (χ0n) is 17.3. The van der Waals surface area contributed by atoms with E-state index >= 15 is 0 Å². The zero-order valence-corrected chi connectivity index (χ0v) is 18.2. The number of non-ortho nitro benzene ring substituents is 1. The van der Waals surface area contributed by atoms with Crippen LogP contribution in [0.2, 0.25) is 0 Å². The Bertz CT molecular complexity index is 1070. The predicted octanol–water partition coefficient (Wildman–Crippen LogP) is 3.95. The summed E-state index contributed by atoms with van der Waals surface area (Å²) in [6, 6.07) is 14.1. The lowest BCUT2D eigenvalue weighted by Gasteiger charge is -2.36. The Morgan fingerprint density at radius 3 is 2.34 bits per heavy atom. The number of aliphatic imine (C=N–C) groups is 1. The summed E-state index contributed by atoms with van der Waals surface area (Å²) in [7, 11) is 0. The van der Waals surface area contributed by atoms with Crippen LogP contribution in [-0.2, 0) is 4.79 Å². The van der Waals surface area contributed by atoms with Gasteiger partial charge in [0, 0.05) is 44.0 Å². The summed E-state index contributed by atoms with van der Waals surface area (Å²) in [6.07, 6.45) is 3.53. The lowest BCUT2D eigenvalue weighted by molar-refractivity contribution is -0.384. The van der Waals surface area contributed by atoms with Crippen molar-refractivity contribution < 1.29 is 14.5 Å². The number of carbonyl (C=O) groups excluding carboxylic acids is 1. The van der Waals surface area contributed by atoms with Gasteiger partial charge in [-0.3, -0.25) is 14.9 Å². The van der Waals surface area contributed by atoms with E-state index in [1.54, 1.807) is 18.2 Å². The maximum atomic E-state index is 12.4. The second kappa shape index (κ2) is 9.69. The van der Waals surface area contributed by atoms with Gasteiger partial charge in [-0.2, -0.15) is 4.99 Å². The van der Waals surface area contributed by atoms with Gasteiger partial charge in [-0.25, -0.2) is 0 Å². The van der Waals surface area contributed by atoms with Crippen LogP contribution in [0.4, 0.5) is 11.4 Å². The molecule has 1 saturated heterocycles. The molecule has 0 atom stereocenters. The molecular formula is C23H22N4O4S. The number of nitrogens with zero attached hydrogens (tertiary/aromatic N) is 4. The first-order valence-electron chi connectivity index (χ1n) is 10.1. The largest absolute Gasteiger partial charge is 0.490 e. The minimum absolute atomic E-state index is 0.0841. The minimum atomic E-state index is -0.398. The number of amidine groups is 1. The van der Waals surface area contributed by atoms with E-state index < -0.39 is 4.92 Å². The third kappa shape index (κ3) is 5.00. The van der Waals surface area contributed by atoms with E-state index in [4.69, 9.17) is 4.74 Å². The fraction of sp³-hybridized carbons (Fsp3) is 0.217. The molecule has 2 aromatic carbocycles. The summed E-state index contributed by atoms with van der Waals surface area (Å²) < 4.78 is 5.48. The number of rotatable bonds is 6. The maximum Gasteiger partial charge on any atom is 0.286 e. The van der Waals surface area contributed by atoms with Gasteiger partial charge >= 0.3 is 0 Å². The van der Waals surface area contributed by atoms with Crippen LogP contribution in [-0.4, -0.2) is 53.7 Å². The summed E-state index contributed by atoms with van der Waals surface area (Å²) in [4.78, 5) is 32.0. The van der Waals surface area contributed by atoms with Crippen molar-refractivity contribution in [3.63, 3.8) is 0 Å². The number of hydrogen-bond donors (Lipinski definition) is 0. The van der Waals surface area contributed by atoms with E-state index in [1.807, 2.05) is 30.3 Å². The summed E-state index contributed by atoms with van der Waals surface area (Å²) in [5, 5.41) is 11.5. The fourth-order valence-corrected chi connectivity index (χ4v) is 4.41. The Labute approximate surface area is 190 Å². The minimum Gasteiger partial charge on any atom is -0.490 e. The van der Waals surface area contributed by atoms with Gasteiger partial charge in [0.2, 0.25) is 0 Å². The summed E-state index contributed by atoms with van der Waals surface area (Å²) in [5.74, 6) is 0.523.